The van der Waals surface area contributed by atoms with E-state index < -0.39 is 71.4 Å². The fourth-order valence-corrected chi connectivity index (χ4v) is 18.0. The Bertz CT molecular complexity index is 4270. The van der Waals surface area contributed by atoms with E-state index in [1.165, 1.54) is 112 Å². The standard InChI is InChI=1S/2C24H26BrFN4O5S2.C24H26ClFN4O5S2/c1-2-35-24(33)20-18(10-30-6-7-34-11-15(30)12-36-13-19(31)32)28-22(23-27-5-8-37-23)29-21(20)16-4-3-14(26)9-17(16)25;1-2-34-24(33)20-18(11-30-6-7-35-15(10-30)12-36-13-19(31)32)28-22(23-27-5-8-37-23)29-21(20)16-4-3-14(26)9-17(16)25;1-2-35-24(33)20-18(10-30-6-7-34-11-15(30)12-36-13-19(31)32)28-22(23-27-5-8-37-23)29-21(20)16-4-3-14(26)9-17(16)25/h3*3-5,8-9,15,21H,2,6-7,10-13H2,1H3,(H,28,29)(H,31,32)/t3*15?,21-/m000/s1. The number of nitrogens with zero attached hydrogens (tertiary/aromatic N) is 9. The van der Waals surface area contributed by atoms with E-state index >= 15 is 0 Å². The number of hydrogen-bond donors (Lipinski definition) is 6. The van der Waals surface area contributed by atoms with Crippen molar-refractivity contribution in [2.24, 2.45) is 15.0 Å². The van der Waals surface area contributed by atoms with Gasteiger partial charge in [-0.3, -0.25) is 44.1 Å². The summed E-state index contributed by atoms with van der Waals surface area (Å²) in [5.74, 6) is -2.34. The monoisotopic (exact) mass is 1790 g/mol. The van der Waals surface area contributed by atoms with Crippen LogP contribution in [0.4, 0.5) is 13.2 Å². The van der Waals surface area contributed by atoms with Crippen LogP contribution in [0, 0.1) is 17.5 Å². The average Bonchev–Trinajstić information content (AvgIpc) is 1.23. The van der Waals surface area contributed by atoms with Crippen molar-refractivity contribution in [1.29, 1.82) is 0 Å². The molecule has 12 rings (SSSR count). The highest BCUT2D eigenvalue weighted by Gasteiger charge is 2.40. The summed E-state index contributed by atoms with van der Waals surface area (Å²) < 4.78 is 76.1. The van der Waals surface area contributed by atoms with Gasteiger partial charge in [-0.1, -0.05) is 61.7 Å². The van der Waals surface area contributed by atoms with Gasteiger partial charge in [0.1, 0.15) is 35.6 Å². The second-order valence-corrected chi connectivity index (χ2v) is 32.6. The summed E-state index contributed by atoms with van der Waals surface area (Å²) in [6.07, 6.45) is 4.88. The number of morpholine rings is 3. The average molecular weight is 1800 g/mol. The molecule has 3 fully saturated rings. The summed E-state index contributed by atoms with van der Waals surface area (Å²) in [7, 11) is 0. The Kier molecular flexibility index (Phi) is 33.3. The van der Waals surface area contributed by atoms with Crippen LogP contribution in [0.5, 0.6) is 0 Å². The summed E-state index contributed by atoms with van der Waals surface area (Å²) >= 11 is 21.5. The number of thiazole rings is 3. The molecule has 0 amide bonds. The number of halogens is 6. The molecule has 6 atom stereocenters. The molecule has 6 aliphatic heterocycles. The fraction of sp³-hybridized carbons (Fsp3) is 0.417. The van der Waals surface area contributed by atoms with Crippen molar-refractivity contribution < 1.29 is 85.7 Å². The summed E-state index contributed by atoms with van der Waals surface area (Å²) in [4.78, 5) is 107. The Hall–Kier alpha value is -7.15. The number of thioether (sulfide) groups is 3. The Morgan fingerprint density at radius 2 is 0.919 bits per heavy atom. The molecule has 3 aromatic carbocycles. The maximum atomic E-state index is 13.9. The van der Waals surface area contributed by atoms with E-state index in [0.29, 0.717) is 183 Å². The number of aliphatic imine (C=N–C) groups is 3. The first-order chi connectivity index (χ1) is 53.6. The number of hydrogen-bond acceptors (Lipinski definition) is 30. The predicted molar refractivity (Wildman–Crippen MR) is 428 cm³/mol. The van der Waals surface area contributed by atoms with E-state index in [0.717, 1.165) is 0 Å². The first-order valence-electron chi connectivity index (χ1n) is 34.7. The zero-order valence-corrected chi connectivity index (χ0v) is 68.8. The maximum Gasteiger partial charge on any atom is 0.338 e. The van der Waals surface area contributed by atoms with E-state index in [1.807, 2.05) is 16.1 Å². The second-order valence-electron chi connectivity index (χ2n) is 24.7. The molecule has 0 aliphatic carbocycles. The minimum Gasteiger partial charge on any atom is -0.481 e. The van der Waals surface area contributed by atoms with Gasteiger partial charge in [-0.15, -0.1) is 69.3 Å². The maximum absolute atomic E-state index is 13.9. The van der Waals surface area contributed by atoms with Gasteiger partial charge in [0.2, 0.25) is 0 Å². The lowest BCUT2D eigenvalue weighted by Gasteiger charge is -2.37. The van der Waals surface area contributed by atoms with E-state index in [9.17, 15) is 41.9 Å². The Labute approximate surface area is 683 Å². The first-order valence-corrected chi connectivity index (χ1v) is 42.8. The van der Waals surface area contributed by atoms with Crippen LogP contribution in [0.2, 0.25) is 5.02 Å². The Morgan fingerprint density at radius 3 is 1.29 bits per heavy atom. The number of carbonyl (C=O) groups excluding carboxylic acids is 3. The molecule has 39 heteroatoms. The lowest BCUT2D eigenvalue weighted by atomic mass is 9.95. The molecule has 6 aromatic rings. The molecule has 0 bridgehead atoms. The number of rotatable bonds is 30. The van der Waals surface area contributed by atoms with Gasteiger partial charge in [-0.05, 0) is 68.3 Å². The molecule has 6 aliphatic rings. The Balaban J connectivity index is 0.000000177. The molecule has 111 heavy (non-hydrogen) atoms. The second kappa shape index (κ2) is 42.8. The number of ether oxygens (including phenoxy) is 6. The van der Waals surface area contributed by atoms with Crippen molar-refractivity contribution in [3.05, 3.63) is 186 Å². The molecular formula is C72H78Br2ClF3N12O15S6. The number of carboxylic acids is 3. The van der Waals surface area contributed by atoms with Crippen LogP contribution in [-0.4, -0.2) is 250 Å². The highest BCUT2D eigenvalue weighted by Crippen LogP contribution is 2.41. The van der Waals surface area contributed by atoms with Gasteiger partial charge >= 0.3 is 35.8 Å². The molecule has 3 saturated heterocycles. The minimum atomic E-state index is -0.877. The lowest BCUT2D eigenvalue weighted by molar-refractivity contribution is -0.139. The van der Waals surface area contributed by atoms with Crippen molar-refractivity contribution in [2.45, 2.75) is 57.1 Å². The molecule has 3 unspecified atom stereocenters. The summed E-state index contributed by atoms with van der Waals surface area (Å²) in [5.41, 5.74) is 4.47. The van der Waals surface area contributed by atoms with Crippen LogP contribution in [0.25, 0.3) is 0 Å². The largest absolute Gasteiger partial charge is 0.481 e. The Morgan fingerprint density at radius 1 is 0.541 bits per heavy atom. The molecule has 0 radical (unpaired) electrons. The van der Waals surface area contributed by atoms with Gasteiger partial charge in [0.05, 0.1) is 92.9 Å². The smallest absolute Gasteiger partial charge is 0.338 e. The van der Waals surface area contributed by atoms with Crippen molar-refractivity contribution >= 4 is 166 Å². The van der Waals surface area contributed by atoms with Gasteiger partial charge in [-0.25, -0.2) is 42.5 Å². The fourth-order valence-electron chi connectivity index (χ4n) is 12.3. The highest BCUT2D eigenvalue weighted by molar-refractivity contribution is 9.10. The van der Waals surface area contributed by atoms with Gasteiger partial charge < -0.3 is 59.7 Å². The van der Waals surface area contributed by atoms with Crippen LogP contribution in [-0.2, 0) is 57.2 Å². The number of nitrogens with one attached hydrogen (secondary N) is 3. The van der Waals surface area contributed by atoms with E-state index in [4.69, 9.17) is 70.3 Å². The topological polar surface area (TPSA) is 340 Å². The van der Waals surface area contributed by atoms with Crippen molar-refractivity contribution in [3.63, 3.8) is 0 Å². The van der Waals surface area contributed by atoms with Crippen molar-refractivity contribution in [3.8, 4) is 0 Å². The lowest BCUT2D eigenvalue weighted by Crippen LogP contribution is -2.50. The quantitative estimate of drug-likeness (QED) is 0.0180. The van der Waals surface area contributed by atoms with Crippen LogP contribution in [0.1, 0.15) is 70.6 Å². The normalized spacial score (nSPS) is 20.4. The number of carboxylic acid groups (broad SMARTS) is 3. The van der Waals surface area contributed by atoms with Crippen LogP contribution >= 0.6 is 113 Å². The molecule has 594 valence electrons. The summed E-state index contributed by atoms with van der Waals surface area (Å²) in [6, 6.07) is 10.1. The van der Waals surface area contributed by atoms with Crippen LogP contribution < -0.4 is 16.0 Å². The van der Waals surface area contributed by atoms with Gasteiger partial charge in [-0.2, -0.15) is 0 Å². The van der Waals surface area contributed by atoms with Crippen LogP contribution in [0.3, 0.4) is 0 Å². The zero-order valence-electron chi connectivity index (χ0n) is 60.0. The van der Waals surface area contributed by atoms with Gasteiger partial charge in [0.25, 0.3) is 0 Å². The predicted octanol–water partition coefficient (Wildman–Crippen LogP) is 10.3. The molecule has 27 nitrogen and oxygen atoms in total. The third kappa shape index (κ3) is 24.2. The van der Waals surface area contributed by atoms with Gasteiger partial charge in [0, 0.05) is 147 Å². The third-order valence-corrected chi connectivity index (χ3v) is 24.4. The third-order valence-electron chi connectivity index (χ3n) is 17.2. The summed E-state index contributed by atoms with van der Waals surface area (Å²) in [6.45, 7) is 11.6. The molecule has 0 spiro atoms. The molecule has 9 heterocycles. The number of esters is 3. The number of aliphatic carboxylic acids is 3. The van der Waals surface area contributed by atoms with Crippen molar-refractivity contribution in [1.82, 2.24) is 45.6 Å². The van der Waals surface area contributed by atoms with E-state index in [2.05, 4.69) is 77.5 Å². The number of aromatic nitrogens is 3. The zero-order chi connectivity index (χ0) is 79.1. The first kappa shape index (κ1) is 86.3. The molecular weight excluding hydrogens is 1720 g/mol. The minimum absolute atomic E-state index is 0.000876. The number of carbonyl (C=O) groups is 6. The van der Waals surface area contributed by atoms with Crippen LogP contribution in [0.15, 0.2) is 147 Å². The number of benzene rings is 3. The molecule has 0 saturated carbocycles. The van der Waals surface area contributed by atoms with E-state index in [1.54, 1.807) is 51.5 Å². The molecule has 6 N–H and O–H groups in total. The van der Waals surface area contributed by atoms with Crippen molar-refractivity contribution in [2.75, 3.05) is 133 Å². The number of amidine groups is 3. The van der Waals surface area contributed by atoms with Gasteiger partial charge in [0.15, 0.2) is 32.5 Å². The molecule has 3 aromatic heterocycles. The van der Waals surface area contributed by atoms with E-state index in [-0.39, 0.29) is 65.9 Å². The summed E-state index contributed by atoms with van der Waals surface area (Å²) in [5, 5.41) is 44.5. The SMILES string of the molecule is CCOC(=O)C1=C(CN2CCOC(CSCC(=O)O)C2)NC(c2nccs2)=N[C@H]1c1ccc(F)cc1Br.CCOC(=O)C1=C(CN2CCOCC2CSCC(=O)O)NC(c2nccs2)=N[C@H]1c1ccc(F)cc1Br.CCOC(=O)C1=C(CN2CCOCC2CSCC(=O)O)NC(c2nccs2)=N[C@H]1c1ccc(F)cc1Cl. The highest BCUT2D eigenvalue weighted by atomic mass is 79.9.